The van der Waals surface area contributed by atoms with Crippen LogP contribution in [0.15, 0.2) is 109 Å². The Morgan fingerprint density at radius 1 is 0.481 bits per heavy atom. The van der Waals surface area contributed by atoms with Crippen molar-refractivity contribution in [3.63, 3.8) is 0 Å². The molecule has 27 heavy (non-hydrogen) atoms. The average molecular weight is 409 g/mol. The maximum absolute atomic E-state index is 2.42. The van der Waals surface area contributed by atoms with Crippen molar-refractivity contribution in [1.82, 2.24) is 0 Å². The summed E-state index contributed by atoms with van der Waals surface area (Å²) in [7, 11) is 0. The molecule has 5 aromatic rings. The van der Waals surface area contributed by atoms with Crippen molar-refractivity contribution < 1.29 is 0 Å². The van der Waals surface area contributed by atoms with Crippen molar-refractivity contribution in [1.29, 1.82) is 0 Å². The van der Waals surface area contributed by atoms with Gasteiger partial charge in [0.1, 0.15) is 0 Å². The molecule has 0 unspecified atom stereocenters. The molecule has 5 rings (SSSR count). The SMILES string of the molecule is c1ccc(-c2cc(-c3cccc4ccccc34)c(-c3ccccc3)[se]2)cc1. The standard InChI is InChI=1S/C26H18Se/c1-3-11-20(12-4-1)25-18-24(26(27-25)21-13-5-2-6-14-21)23-17-9-15-19-10-7-8-16-22(19)23/h1-18H. The zero-order chi connectivity index (χ0) is 18.1. The van der Waals surface area contributed by atoms with E-state index in [1.807, 2.05) is 0 Å². The Morgan fingerprint density at radius 2 is 1.11 bits per heavy atom. The maximum atomic E-state index is 2.42. The van der Waals surface area contributed by atoms with E-state index in [2.05, 4.69) is 109 Å². The topological polar surface area (TPSA) is 0 Å². The summed E-state index contributed by atoms with van der Waals surface area (Å²) in [5.41, 5.74) is 5.38. The monoisotopic (exact) mass is 410 g/mol. The Labute approximate surface area is 165 Å². The van der Waals surface area contributed by atoms with Crippen molar-refractivity contribution in [2.75, 3.05) is 0 Å². The van der Waals surface area contributed by atoms with Gasteiger partial charge in [-0.15, -0.1) is 0 Å². The van der Waals surface area contributed by atoms with Crippen LogP contribution in [0.5, 0.6) is 0 Å². The summed E-state index contributed by atoms with van der Waals surface area (Å²) in [4.78, 5) is 0. The molecule has 1 aromatic heterocycles. The van der Waals surface area contributed by atoms with Crippen LogP contribution in [-0.2, 0) is 0 Å². The molecule has 0 nitrogen and oxygen atoms in total. The summed E-state index contributed by atoms with van der Waals surface area (Å²) in [5, 5.41) is 2.62. The molecule has 0 aliphatic carbocycles. The molecule has 0 saturated carbocycles. The molecular formula is C26H18Se. The summed E-state index contributed by atoms with van der Waals surface area (Å²) in [6, 6.07) is 39.4. The molecule has 4 aromatic carbocycles. The first-order valence-corrected chi connectivity index (χ1v) is 10.8. The second-order valence-corrected chi connectivity index (χ2v) is 8.82. The van der Waals surface area contributed by atoms with E-state index in [4.69, 9.17) is 0 Å². The van der Waals surface area contributed by atoms with Gasteiger partial charge >= 0.3 is 166 Å². The Hall–Kier alpha value is -2.86. The second kappa shape index (κ2) is 7.04. The molecule has 128 valence electrons. The first-order valence-electron chi connectivity index (χ1n) is 9.13. The predicted molar refractivity (Wildman–Crippen MR) is 117 cm³/mol. The Balaban J connectivity index is 1.79. The first kappa shape index (κ1) is 16.3. The number of hydrogen-bond donors (Lipinski definition) is 0. The van der Waals surface area contributed by atoms with Crippen LogP contribution in [0.3, 0.4) is 0 Å². The quantitative estimate of drug-likeness (QED) is 0.285. The number of fused-ring (bicyclic) bond motifs is 1. The van der Waals surface area contributed by atoms with Gasteiger partial charge in [0.15, 0.2) is 0 Å². The summed E-state index contributed by atoms with van der Waals surface area (Å²) >= 11 is 0.287. The van der Waals surface area contributed by atoms with Crippen LogP contribution in [0.25, 0.3) is 41.9 Å². The molecule has 0 aliphatic heterocycles. The zero-order valence-electron chi connectivity index (χ0n) is 14.8. The van der Waals surface area contributed by atoms with Crippen LogP contribution < -0.4 is 0 Å². The van der Waals surface area contributed by atoms with Crippen molar-refractivity contribution in [2.24, 2.45) is 0 Å². The minimum absolute atomic E-state index is 0.287. The normalized spacial score (nSPS) is 11.0. The van der Waals surface area contributed by atoms with Crippen LogP contribution in [-0.4, -0.2) is 14.5 Å². The number of rotatable bonds is 3. The summed E-state index contributed by atoms with van der Waals surface area (Å²) in [6.07, 6.45) is 0. The van der Waals surface area contributed by atoms with E-state index in [0.717, 1.165) is 0 Å². The molecular weight excluding hydrogens is 391 g/mol. The van der Waals surface area contributed by atoms with E-state index < -0.39 is 0 Å². The second-order valence-electron chi connectivity index (χ2n) is 6.61. The zero-order valence-corrected chi connectivity index (χ0v) is 16.5. The summed E-state index contributed by atoms with van der Waals surface area (Å²) in [5.74, 6) is 0. The van der Waals surface area contributed by atoms with Gasteiger partial charge in [0.05, 0.1) is 0 Å². The van der Waals surface area contributed by atoms with E-state index >= 15 is 0 Å². The average Bonchev–Trinajstić information content (AvgIpc) is 3.20. The molecule has 1 heteroatoms. The molecule has 0 N–H and O–H groups in total. The van der Waals surface area contributed by atoms with E-state index in [9.17, 15) is 0 Å². The third kappa shape index (κ3) is 3.06. The molecule has 0 spiro atoms. The molecule has 0 fully saturated rings. The van der Waals surface area contributed by atoms with Gasteiger partial charge in [-0.2, -0.15) is 0 Å². The molecule has 0 bridgehead atoms. The first-order chi connectivity index (χ1) is 13.4. The summed E-state index contributed by atoms with van der Waals surface area (Å²) < 4.78 is 2.92. The van der Waals surface area contributed by atoms with Crippen molar-refractivity contribution in [3.8, 4) is 31.1 Å². The van der Waals surface area contributed by atoms with Gasteiger partial charge in [-0.05, 0) is 0 Å². The van der Waals surface area contributed by atoms with Gasteiger partial charge in [-0.25, -0.2) is 0 Å². The number of hydrogen-bond acceptors (Lipinski definition) is 0. The van der Waals surface area contributed by atoms with Crippen LogP contribution in [0.4, 0.5) is 0 Å². The van der Waals surface area contributed by atoms with Gasteiger partial charge in [-0.1, -0.05) is 0 Å². The molecule has 0 atom stereocenters. The summed E-state index contributed by atoms with van der Waals surface area (Å²) in [6.45, 7) is 0. The fraction of sp³-hybridized carbons (Fsp3) is 0. The van der Waals surface area contributed by atoms with Crippen molar-refractivity contribution in [3.05, 3.63) is 109 Å². The Morgan fingerprint density at radius 3 is 1.89 bits per heavy atom. The van der Waals surface area contributed by atoms with Gasteiger partial charge in [0.2, 0.25) is 0 Å². The van der Waals surface area contributed by atoms with Crippen LogP contribution >= 0.6 is 0 Å². The van der Waals surface area contributed by atoms with Gasteiger partial charge in [0, 0.05) is 0 Å². The van der Waals surface area contributed by atoms with Crippen molar-refractivity contribution in [2.45, 2.75) is 0 Å². The van der Waals surface area contributed by atoms with E-state index in [-0.39, 0.29) is 14.5 Å². The fourth-order valence-electron chi connectivity index (χ4n) is 3.60. The Kier molecular flexibility index (Phi) is 4.26. The van der Waals surface area contributed by atoms with Gasteiger partial charge < -0.3 is 0 Å². The van der Waals surface area contributed by atoms with Crippen LogP contribution in [0.2, 0.25) is 0 Å². The van der Waals surface area contributed by atoms with Gasteiger partial charge in [-0.3, -0.25) is 0 Å². The van der Waals surface area contributed by atoms with E-state index in [0.29, 0.717) is 0 Å². The fourth-order valence-corrected chi connectivity index (χ4v) is 6.08. The number of benzene rings is 4. The molecule has 0 saturated heterocycles. The van der Waals surface area contributed by atoms with E-state index in [1.54, 1.807) is 0 Å². The third-order valence-electron chi connectivity index (χ3n) is 4.91. The molecule has 0 radical (unpaired) electrons. The third-order valence-corrected chi connectivity index (χ3v) is 7.49. The molecule has 1 heterocycles. The minimum atomic E-state index is 0.287. The van der Waals surface area contributed by atoms with Crippen molar-refractivity contribution >= 4 is 25.3 Å². The van der Waals surface area contributed by atoms with Crippen LogP contribution in [0.1, 0.15) is 0 Å². The van der Waals surface area contributed by atoms with Crippen LogP contribution in [0, 0.1) is 0 Å². The van der Waals surface area contributed by atoms with Gasteiger partial charge in [0.25, 0.3) is 0 Å². The van der Waals surface area contributed by atoms with E-state index in [1.165, 1.54) is 41.9 Å². The molecule has 0 aliphatic rings. The predicted octanol–water partition coefficient (Wildman–Crippen LogP) is 6.90. The molecule has 0 amide bonds. The Bertz CT molecular complexity index is 1200.